The van der Waals surface area contributed by atoms with Gasteiger partial charge in [-0.1, -0.05) is 30.3 Å². The molecular formula is C21H18N2O6S. The van der Waals surface area contributed by atoms with E-state index < -0.39 is 20.9 Å². The van der Waals surface area contributed by atoms with E-state index in [4.69, 9.17) is 4.74 Å². The fourth-order valence-electron chi connectivity index (χ4n) is 2.69. The van der Waals surface area contributed by atoms with Crippen molar-refractivity contribution < 1.29 is 22.9 Å². The lowest BCUT2D eigenvalue weighted by atomic mass is 10.2. The molecule has 0 amide bonds. The Kier molecular flexibility index (Phi) is 6.12. The molecule has 3 aromatic carbocycles. The van der Waals surface area contributed by atoms with Crippen molar-refractivity contribution in [2.75, 3.05) is 11.4 Å². The number of non-ortho nitro benzene ring substituents is 1. The van der Waals surface area contributed by atoms with Gasteiger partial charge in [-0.2, -0.15) is 0 Å². The second-order valence-electron chi connectivity index (χ2n) is 6.34. The predicted molar refractivity (Wildman–Crippen MR) is 111 cm³/mol. The zero-order valence-electron chi connectivity index (χ0n) is 16.0. The standard InChI is InChI=1S/C21H18N2O6S/c1-22(18-7-3-2-4-8-18)30(27,28)20-12-10-17(11-13-20)21(24)29-15-16-6-5-9-19(14-16)23(25)26/h2-14H,15H2,1H3. The third kappa shape index (κ3) is 4.64. The Morgan fingerprint density at radius 2 is 1.67 bits per heavy atom. The molecule has 0 aliphatic heterocycles. The van der Waals surface area contributed by atoms with Crippen molar-refractivity contribution >= 4 is 27.4 Å². The fraction of sp³-hybridized carbons (Fsp3) is 0.0952. The molecule has 3 rings (SSSR count). The Morgan fingerprint density at radius 3 is 2.30 bits per heavy atom. The Balaban J connectivity index is 1.70. The Hall–Kier alpha value is -3.72. The summed E-state index contributed by atoms with van der Waals surface area (Å²) >= 11 is 0. The minimum absolute atomic E-state index is 0.0316. The summed E-state index contributed by atoms with van der Waals surface area (Å²) in [6.07, 6.45) is 0. The van der Waals surface area contributed by atoms with Crippen molar-refractivity contribution in [3.63, 3.8) is 0 Å². The van der Waals surface area contributed by atoms with Crippen LogP contribution in [0.25, 0.3) is 0 Å². The second kappa shape index (κ2) is 8.75. The lowest BCUT2D eigenvalue weighted by Gasteiger charge is -2.19. The van der Waals surface area contributed by atoms with Gasteiger partial charge in [0, 0.05) is 19.2 Å². The first-order valence-corrected chi connectivity index (χ1v) is 10.3. The quantitative estimate of drug-likeness (QED) is 0.323. The van der Waals surface area contributed by atoms with Crippen LogP contribution >= 0.6 is 0 Å². The van der Waals surface area contributed by atoms with Gasteiger partial charge in [-0.3, -0.25) is 14.4 Å². The van der Waals surface area contributed by atoms with Crippen LogP contribution in [0.2, 0.25) is 0 Å². The van der Waals surface area contributed by atoms with Crippen LogP contribution in [-0.4, -0.2) is 26.4 Å². The number of rotatable bonds is 7. The van der Waals surface area contributed by atoms with Crippen molar-refractivity contribution in [1.29, 1.82) is 0 Å². The van der Waals surface area contributed by atoms with Crippen LogP contribution in [0.5, 0.6) is 0 Å². The largest absolute Gasteiger partial charge is 0.457 e. The summed E-state index contributed by atoms with van der Waals surface area (Å²) in [5.74, 6) is -0.665. The van der Waals surface area contributed by atoms with E-state index >= 15 is 0 Å². The van der Waals surface area contributed by atoms with Crippen LogP contribution in [0.1, 0.15) is 15.9 Å². The Labute approximate surface area is 173 Å². The summed E-state index contributed by atoms with van der Waals surface area (Å²) < 4.78 is 31.9. The van der Waals surface area contributed by atoms with Crippen molar-refractivity contribution in [2.45, 2.75) is 11.5 Å². The first-order chi connectivity index (χ1) is 14.3. The van der Waals surface area contributed by atoms with Crippen molar-refractivity contribution in [3.8, 4) is 0 Å². The van der Waals surface area contributed by atoms with E-state index in [1.807, 2.05) is 0 Å². The number of nitro groups is 1. The molecule has 0 radical (unpaired) electrons. The average Bonchev–Trinajstić information content (AvgIpc) is 2.77. The lowest BCUT2D eigenvalue weighted by molar-refractivity contribution is -0.384. The van der Waals surface area contributed by atoms with Crippen LogP contribution in [0, 0.1) is 10.1 Å². The molecule has 0 saturated heterocycles. The molecule has 0 N–H and O–H groups in total. The van der Waals surface area contributed by atoms with Crippen LogP contribution in [-0.2, 0) is 21.4 Å². The van der Waals surface area contributed by atoms with Gasteiger partial charge in [-0.25, -0.2) is 13.2 Å². The van der Waals surface area contributed by atoms with Crippen molar-refractivity contribution in [1.82, 2.24) is 0 Å². The molecule has 0 aromatic heterocycles. The number of esters is 1. The topological polar surface area (TPSA) is 107 Å². The van der Waals surface area contributed by atoms with E-state index in [0.29, 0.717) is 11.3 Å². The Morgan fingerprint density at radius 1 is 1.00 bits per heavy atom. The number of hydrogen-bond acceptors (Lipinski definition) is 6. The minimum atomic E-state index is -3.79. The summed E-state index contributed by atoms with van der Waals surface area (Å²) in [6.45, 7) is -0.142. The van der Waals surface area contributed by atoms with Crippen molar-refractivity contribution in [2.24, 2.45) is 0 Å². The van der Waals surface area contributed by atoms with Gasteiger partial charge in [-0.05, 0) is 42.0 Å². The molecular weight excluding hydrogens is 408 g/mol. The molecule has 8 nitrogen and oxygen atoms in total. The van der Waals surface area contributed by atoms with E-state index in [0.717, 1.165) is 4.31 Å². The summed E-state index contributed by atoms with van der Waals surface area (Å²) in [7, 11) is -2.34. The van der Waals surface area contributed by atoms with E-state index in [-0.39, 0.29) is 22.8 Å². The number of ether oxygens (including phenoxy) is 1. The monoisotopic (exact) mass is 426 g/mol. The number of carbonyl (C=O) groups excluding carboxylic acids is 1. The highest BCUT2D eigenvalue weighted by Crippen LogP contribution is 2.22. The fourth-order valence-corrected chi connectivity index (χ4v) is 3.89. The van der Waals surface area contributed by atoms with Gasteiger partial charge in [0.25, 0.3) is 15.7 Å². The minimum Gasteiger partial charge on any atom is -0.457 e. The van der Waals surface area contributed by atoms with Crippen LogP contribution in [0.15, 0.2) is 83.8 Å². The maximum atomic E-state index is 12.8. The van der Waals surface area contributed by atoms with E-state index in [1.54, 1.807) is 36.4 Å². The molecule has 9 heteroatoms. The molecule has 0 unspecified atom stereocenters. The third-order valence-electron chi connectivity index (χ3n) is 4.36. The lowest BCUT2D eigenvalue weighted by Crippen LogP contribution is -2.26. The second-order valence-corrected chi connectivity index (χ2v) is 8.30. The number of hydrogen-bond donors (Lipinski definition) is 0. The summed E-state index contributed by atoms with van der Waals surface area (Å²) in [6, 6.07) is 19.8. The van der Waals surface area contributed by atoms with Gasteiger partial charge in [-0.15, -0.1) is 0 Å². The van der Waals surface area contributed by atoms with Crippen LogP contribution < -0.4 is 4.31 Å². The molecule has 0 fully saturated rings. The molecule has 0 bridgehead atoms. The Bertz CT molecular complexity index is 1160. The van der Waals surface area contributed by atoms with E-state index in [1.165, 1.54) is 49.5 Å². The van der Waals surface area contributed by atoms with Gasteiger partial charge < -0.3 is 4.74 Å². The van der Waals surface area contributed by atoms with Crippen LogP contribution in [0.3, 0.4) is 0 Å². The zero-order valence-corrected chi connectivity index (χ0v) is 16.8. The summed E-state index contributed by atoms with van der Waals surface area (Å²) in [5.41, 5.74) is 1.06. The predicted octanol–water partition coefficient (Wildman–Crippen LogP) is 3.78. The molecule has 0 saturated carbocycles. The number of benzene rings is 3. The van der Waals surface area contributed by atoms with Gasteiger partial charge >= 0.3 is 5.97 Å². The van der Waals surface area contributed by atoms with Gasteiger partial charge in [0.15, 0.2) is 0 Å². The molecule has 0 spiro atoms. The number of carbonyl (C=O) groups is 1. The van der Waals surface area contributed by atoms with Crippen LogP contribution in [0.4, 0.5) is 11.4 Å². The SMILES string of the molecule is CN(c1ccccc1)S(=O)(=O)c1ccc(C(=O)OCc2cccc([N+](=O)[O-])c2)cc1. The highest BCUT2D eigenvalue weighted by atomic mass is 32.2. The number of sulfonamides is 1. The molecule has 154 valence electrons. The first-order valence-electron chi connectivity index (χ1n) is 8.83. The molecule has 30 heavy (non-hydrogen) atoms. The molecule has 0 aliphatic rings. The number of nitrogens with zero attached hydrogens (tertiary/aromatic N) is 2. The molecule has 0 aliphatic carbocycles. The van der Waals surface area contributed by atoms with Gasteiger partial charge in [0.2, 0.25) is 0 Å². The molecule has 3 aromatic rings. The highest BCUT2D eigenvalue weighted by molar-refractivity contribution is 7.92. The number of anilines is 1. The summed E-state index contributed by atoms with van der Waals surface area (Å²) in [4.78, 5) is 22.5. The smallest absolute Gasteiger partial charge is 0.338 e. The van der Waals surface area contributed by atoms with Gasteiger partial charge in [0.05, 0.1) is 21.1 Å². The maximum Gasteiger partial charge on any atom is 0.338 e. The average molecular weight is 426 g/mol. The van der Waals surface area contributed by atoms with E-state index in [2.05, 4.69) is 0 Å². The van der Waals surface area contributed by atoms with Gasteiger partial charge in [0.1, 0.15) is 6.61 Å². The number of nitro benzene ring substituents is 1. The summed E-state index contributed by atoms with van der Waals surface area (Å²) in [5, 5.41) is 10.8. The third-order valence-corrected chi connectivity index (χ3v) is 6.16. The first kappa shape index (κ1) is 21.0. The van der Waals surface area contributed by atoms with E-state index in [9.17, 15) is 23.3 Å². The maximum absolute atomic E-state index is 12.8. The normalized spacial score (nSPS) is 11.0. The highest BCUT2D eigenvalue weighted by Gasteiger charge is 2.21. The number of para-hydroxylation sites is 1. The molecule has 0 heterocycles. The van der Waals surface area contributed by atoms with Crippen molar-refractivity contribution in [3.05, 3.63) is 100 Å². The zero-order chi connectivity index (χ0) is 21.7. The molecule has 0 atom stereocenters.